The highest BCUT2D eigenvalue weighted by Crippen LogP contribution is 2.33. The Morgan fingerprint density at radius 2 is 2.16 bits per heavy atom. The number of ether oxygens (including phenoxy) is 1. The number of hydrogen-bond acceptors (Lipinski definition) is 5. The van der Waals surface area contributed by atoms with Gasteiger partial charge in [-0.2, -0.15) is 0 Å². The number of nitrogens with one attached hydrogen (secondary N) is 2. The van der Waals surface area contributed by atoms with Crippen molar-refractivity contribution in [3.05, 3.63) is 35.6 Å². The Hall–Kier alpha value is -2.68. The molecule has 1 aromatic carbocycles. The van der Waals surface area contributed by atoms with Gasteiger partial charge in [0.2, 0.25) is 11.8 Å². The summed E-state index contributed by atoms with van der Waals surface area (Å²) in [5.41, 5.74) is 1.76. The van der Waals surface area contributed by atoms with Crippen LogP contribution < -0.4 is 5.32 Å². The number of halogens is 1. The molecule has 2 N–H and O–H groups in total. The lowest BCUT2D eigenvalue weighted by Gasteiger charge is -2.42. The molecule has 0 bridgehead atoms. The maximum atomic E-state index is 13.4. The smallest absolute Gasteiger partial charge is 0.244 e. The number of carbonyl (C=O) groups is 2. The Labute approximate surface area is 191 Å². The fraction of sp³-hybridized carbons (Fsp3) is 0.435. The predicted molar refractivity (Wildman–Crippen MR) is 126 cm³/mol. The van der Waals surface area contributed by atoms with Crippen LogP contribution in [0.25, 0.3) is 21.8 Å². The molecule has 2 amide bonds. The molecule has 8 nitrogen and oxygen atoms in total. The number of pyridine rings is 1. The number of fused-ring (bicyclic) bond motifs is 3. The van der Waals surface area contributed by atoms with Gasteiger partial charge in [-0.25, -0.2) is 0 Å². The summed E-state index contributed by atoms with van der Waals surface area (Å²) in [5, 5.41) is 5.41. The van der Waals surface area contributed by atoms with Crippen molar-refractivity contribution in [3.8, 4) is 0 Å². The lowest BCUT2D eigenvalue weighted by molar-refractivity contribution is -0.149. The number of benzene rings is 1. The Kier molecular flexibility index (Phi) is 6.11. The zero-order chi connectivity index (χ0) is 23.0. The molecule has 1 saturated heterocycles. The third-order valence-corrected chi connectivity index (χ3v) is 6.15. The molecule has 1 atom stereocenters. The number of morpholine rings is 1. The van der Waals surface area contributed by atoms with Crippen LogP contribution in [0.15, 0.2) is 30.6 Å². The zero-order valence-corrected chi connectivity index (χ0v) is 19.5. The number of nitrogens with zero attached hydrogens (tertiary/aromatic N) is 3. The van der Waals surface area contributed by atoms with Crippen molar-refractivity contribution >= 4 is 50.9 Å². The van der Waals surface area contributed by atoms with Gasteiger partial charge in [0.1, 0.15) is 6.04 Å². The normalized spacial score (nSPS) is 18.7. The van der Waals surface area contributed by atoms with Crippen LogP contribution in [0.3, 0.4) is 0 Å². The second kappa shape index (κ2) is 8.69. The van der Waals surface area contributed by atoms with Gasteiger partial charge in [0, 0.05) is 42.1 Å². The fourth-order valence-corrected chi connectivity index (χ4v) is 4.28. The van der Waals surface area contributed by atoms with Gasteiger partial charge in [0.05, 0.1) is 41.7 Å². The number of anilines is 1. The third kappa shape index (κ3) is 4.44. The molecule has 1 fully saturated rings. The van der Waals surface area contributed by atoms with Crippen molar-refractivity contribution in [2.24, 2.45) is 0 Å². The van der Waals surface area contributed by atoms with Gasteiger partial charge in [0.15, 0.2) is 0 Å². The maximum Gasteiger partial charge on any atom is 0.244 e. The molecule has 1 aliphatic rings. The molecule has 4 rings (SSSR count). The fourth-order valence-electron chi connectivity index (χ4n) is 4.07. The third-order valence-electron chi connectivity index (χ3n) is 5.93. The van der Waals surface area contributed by atoms with Crippen LogP contribution in [0, 0.1) is 0 Å². The number of hydrogen-bond donors (Lipinski definition) is 2. The molecule has 32 heavy (non-hydrogen) atoms. The summed E-state index contributed by atoms with van der Waals surface area (Å²) in [5.74, 6) is -0.274. The van der Waals surface area contributed by atoms with Crippen LogP contribution in [-0.4, -0.2) is 76.5 Å². The molecule has 1 aliphatic heterocycles. The number of likely N-dealkylation sites (N-methyl/N-ethyl adjacent to an activating group) is 1. The van der Waals surface area contributed by atoms with Crippen molar-refractivity contribution in [1.82, 2.24) is 19.8 Å². The van der Waals surface area contributed by atoms with Gasteiger partial charge in [-0.1, -0.05) is 11.6 Å². The molecule has 0 spiro atoms. The first-order valence-electron chi connectivity index (χ1n) is 10.7. The number of rotatable bonds is 5. The van der Waals surface area contributed by atoms with E-state index in [1.807, 2.05) is 37.8 Å². The minimum atomic E-state index is -0.600. The first-order chi connectivity index (χ1) is 15.2. The lowest BCUT2D eigenvalue weighted by atomic mass is 10.0. The van der Waals surface area contributed by atoms with Gasteiger partial charge in [-0.15, -0.1) is 0 Å². The average Bonchev–Trinajstić information content (AvgIpc) is 3.11. The van der Waals surface area contributed by atoms with E-state index in [-0.39, 0.29) is 25.0 Å². The standard InChI is InChI=1S/C23H28ClN5O3/c1-5-28(4)20(30)11-29-13-23(2,3)32-12-19(29)22(31)27-17-9-14(24)8-16-15-6-7-25-10-18(15)26-21(16)17/h6-10,19,26H,5,11-13H2,1-4H3,(H,27,31)/t19-/m0/s1. The number of aromatic amines is 1. The Balaban J connectivity index is 1.63. The second-order valence-electron chi connectivity index (χ2n) is 8.81. The number of H-pyrrole nitrogens is 1. The van der Waals surface area contributed by atoms with E-state index < -0.39 is 11.6 Å². The summed E-state index contributed by atoms with van der Waals surface area (Å²) in [7, 11) is 1.76. The first-order valence-corrected chi connectivity index (χ1v) is 11.0. The highest BCUT2D eigenvalue weighted by molar-refractivity contribution is 6.33. The molecule has 2 aromatic heterocycles. The van der Waals surface area contributed by atoms with Crippen molar-refractivity contribution < 1.29 is 14.3 Å². The van der Waals surface area contributed by atoms with Crippen molar-refractivity contribution in [3.63, 3.8) is 0 Å². The quantitative estimate of drug-likeness (QED) is 0.613. The average molecular weight is 458 g/mol. The highest BCUT2D eigenvalue weighted by atomic mass is 35.5. The van der Waals surface area contributed by atoms with Crippen molar-refractivity contribution in [2.75, 3.05) is 38.6 Å². The van der Waals surface area contributed by atoms with Crippen LogP contribution in [0.5, 0.6) is 0 Å². The Morgan fingerprint density at radius 3 is 2.91 bits per heavy atom. The van der Waals surface area contributed by atoms with Crippen LogP contribution in [0.1, 0.15) is 20.8 Å². The summed E-state index contributed by atoms with van der Waals surface area (Å²) in [4.78, 5) is 37.0. The number of aromatic nitrogens is 2. The van der Waals surface area contributed by atoms with Gasteiger partial charge in [-0.05, 0) is 39.0 Å². The summed E-state index contributed by atoms with van der Waals surface area (Å²) in [6, 6.07) is 4.89. The minimum absolute atomic E-state index is 0.0312. The summed E-state index contributed by atoms with van der Waals surface area (Å²) in [6.45, 7) is 7.27. The van der Waals surface area contributed by atoms with Crippen LogP contribution in [0.2, 0.25) is 5.02 Å². The molecule has 3 aromatic rings. The van der Waals surface area contributed by atoms with E-state index in [1.165, 1.54) is 0 Å². The zero-order valence-electron chi connectivity index (χ0n) is 18.7. The molecule has 0 aliphatic carbocycles. The number of amides is 2. The van der Waals surface area contributed by atoms with E-state index in [0.717, 1.165) is 21.8 Å². The molecule has 9 heteroatoms. The maximum absolute atomic E-state index is 13.4. The predicted octanol–water partition coefficient (Wildman–Crippen LogP) is 3.27. The number of carbonyl (C=O) groups excluding carboxylic acids is 2. The SMILES string of the molecule is CCN(C)C(=O)CN1CC(C)(C)OC[C@H]1C(=O)Nc1cc(Cl)cc2c1[nH]c1cnccc12. The van der Waals surface area contributed by atoms with Crippen LogP contribution in [-0.2, 0) is 14.3 Å². The van der Waals surface area contributed by atoms with E-state index in [4.69, 9.17) is 16.3 Å². The first kappa shape index (κ1) is 22.5. The molecule has 170 valence electrons. The lowest BCUT2D eigenvalue weighted by Crippen LogP contribution is -2.60. The van der Waals surface area contributed by atoms with Crippen LogP contribution >= 0.6 is 11.6 Å². The summed E-state index contributed by atoms with van der Waals surface area (Å²) in [6.07, 6.45) is 3.46. The topological polar surface area (TPSA) is 90.6 Å². The Morgan fingerprint density at radius 1 is 1.38 bits per heavy atom. The van der Waals surface area contributed by atoms with E-state index in [2.05, 4.69) is 15.3 Å². The molecular formula is C23H28ClN5O3. The van der Waals surface area contributed by atoms with Crippen molar-refractivity contribution in [1.29, 1.82) is 0 Å². The summed E-state index contributed by atoms with van der Waals surface area (Å²) >= 11 is 6.37. The molecule has 0 saturated carbocycles. The van der Waals surface area contributed by atoms with E-state index >= 15 is 0 Å². The minimum Gasteiger partial charge on any atom is -0.372 e. The molecule has 0 unspecified atom stereocenters. The molecular weight excluding hydrogens is 430 g/mol. The molecule has 3 heterocycles. The largest absolute Gasteiger partial charge is 0.372 e. The van der Waals surface area contributed by atoms with Crippen molar-refractivity contribution in [2.45, 2.75) is 32.4 Å². The summed E-state index contributed by atoms with van der Waals surface area (Å²) < 4.78 is 5.93. The highest BCUT2D eigenvalue weighted by Gasteiger charge is 2.39. The van der Waals surface area contributed by atoms with Crippen LogP contribution in [0.4, 0.5) is 5.69 Å². The monoisotopic (exact) mass is 457 g/mol. The second-order valence-corrected chi connectivity index (χ2v) is 9.25. The Bertz CT molecular complexity index is 1180. The van der Waals surface area contributed by atoms with Gasteiger partial charge >= 0.3 is 0 Å². The van der Waals surface area contributed by atoms with Gasteiger partial charge in [0.25, 0.3) is 0 Å². The van der Waals surface area contributed by atoms with Gasteiger partial charge in [-0.3, -0.25) is 19.5 Å². The van der Waals surface area contributed by atoms with E-state index in [9.17, 15) is 9.59 Å². The van der Waals surface area contributed by atoms with E-state index in [0.29, 0.717) is 23.8 Å². The van der Waals surface area contributed by atoms with E-state index in [1.54, 1.807) is 30.4 Å². The molecule has 0 radical (unpaired) electrons. The van der Waals surface area contributed by atoms with Gasteiger partial charge < -0.3 is 19.9 Å².